The van der Waals surface area contributed by atoms with Gasteiger partial charge in [0.05, 0.1) is 35.3 Å². The Bertz CT molecular complexity index is 1230. The third-order valence-corrected chi connectivity index (χ3v) is 6.64. The highest BCUT2D eigenvalue weighted by Crippen LogP contribution is 2.39. The van der Waals surface area contributed by atoms with Gasteiger partial charge in [-0.25, -0.2) is 0 Å². The molecule has 0 saturated carbocycles. The first kappa shape index (κ1) is 25.5. The van der Waals surface area contributed by atoms with Crippen LogP contribution in [-0.2, 0) is 6.18 Å². The van der Waals surface area contributed by atoms with Gasteiger partial charge in [0.25, 0.3) is 0 Å². The third-order valence-electron chi connectivity index (χ3n) is 6.64. The largest absolute Gasteiger partial charge is 0.493 e. The van der Waals surface area contributed by atoms with E-state index >= 15 is 0 Å². The lowest BCUT2D eigenvalue weighted by Gasteiger charge is -2.44. The summed E-state index contributed by atoms with van der Waals surface area (Å²) in [6.07, 6.45) is -1.10. The summed E-state index contributed by atoms with van der Waals surface area (Å²) in [6, 6.07) is 17.3. The van der Waals surface area contributed by atoms with E-state index in [9.17, 15) is 18.4 Å². The van der Waals surface area contributed by atoms with E-state index in [-0.39, 0.29) is 17.6 Å². The van der Waals surface area contributed by atoms with Crippen LogP contribution in [0.25, 0.3) is 11.3 Å². The van der Waals surface area contributed by atoms with Crippen molar-refractivity contribution in [3.05, 3.63) is 77.5 Å². The summed E-state index contributed by atoms with van der Waals surface area (Å²) in [4.78, 5) is 8.80. The van der Waals surface area contributed by atoms with Crippen molar-refractivity contribution in [1.29, 1.82) is 5.26 Å². The number of alkyl halides is 3. The number of hydrogen-bond donors (Lipinski definition) is 0. The van der Waals surface area contributed by atoms with Crippen molar-refractivity contribution in [2.24, 2.45) is 0 Å². The second-order valence-electron chi connectivity index (χ2n) is 9.11. The van der Waals surface area contributed by atoms with E-state index in [0.29, 0.717) is 18.8 Å². The number of para-hydroxylation sites is 1. The number of piperidine rings is 1. The SMILES string of the molecule is CCOc1ccccc1-c1ccc(C2CCN(c3ccc(C(F)(F)F)cc3C#N)C(N(C)C)C2)cn1. The number of benzene rings is 2. The maximum Gasteiger partial charge on any atom is 0.416 e. The van der Waals surface area contributed by atoms with Gasteiger partial charge in [0.1, 0.15) is 11.8 Å². The predicted octanol–water partition coefficient (Wildman–Crippen LogP) is 6.31. The van der Waals surface area contributed by atoms with Gasteiger partial charge in [0.2, 0.25) is 0 Å². The van der Waals surface area contributed by atoms with E-state index in [1.807, 2.05) is 73.4 Å². The first-order valence-electron chi connectivity index (χ1n) is 12.0. The molecular formula is C28H29F3N4O. The van der Waals surface area contributed by atoms with E-state index in [0.717, 1.165) is 47.5 Å². The molecule has 188 valence electrons. The molecule has 5 nitrogen and oxygen atoms in total. The number of nitrogens with zero attached hydrogens (tertiary/aromatic N) is 4. The van der Waals surface area contributed by atoms with Gasteiger partial charge in [0, 0.05) is 18.3 Å². The van der Waals surface area contributed by atoms with Crippen LogP contribution in [0.3, 0.4) is 0 Å². The van der Waals surface area contributed by atoms with Crippen molar-refractivity contribution >= 4 is 5.69 Å². The fourth-order valence-corrected chi connectivity index (χ4v) is 4.83. The molecule has 0 bridgehead atoms. The summed E-state index contributed by atoms with van der Waals surface area (Å²) in [6.45, 7) is 3.14. The standard InChI is InChI=1S/C28H29F3N4O/c1-4-36-26-8-6-5-7-23(26)24-11-9-20(18-33-24)19-13-14-35(27(16-19)34(2)3)25-12-10-22(28(29,30)31)15-21(25)17-32/h5-12,15,18-19,27H,4,13-14,16H2,1-3H3. The second kappa shape index (κ2) is 10.6. The second-order valence-corrected chi connectivity index (χ2v) is 9.11. The number of ether oxygens (including phenoxy) is 1. The average molecular weight is 495 g/mol. The summed E-state index contributed by atoms with van der Waals surface area (Å²) in [5, 5.41) is 9.59. The Labute approximate surface area is 209 Å². The Morgan fingerprint density at radius 2 is 1.92 bits per heavy atom. The fourth-order valence-electron chi connectivity index (χ4n) is 4.83. The Kier molecular flexibility index (Phi) is 7.51. The first-order chi connectivity index (χ1) is 17.2. The molecule has 36 heavy (non-hydrogen) atoms. The molecule has 2 atom stereocenters. The molecule has 1 fully saturated rings. The van der Waals surface area contributed by atoms with Crippen LogP contribution in [0.15, 0.2) is 60.8 Å². The van der Waals surface area contributed by atoms with Crippen LogP contribution >= 0.6 is 0 Å². The van der Waals surface area contributed by atoms with Gasteiger partial charge in [-0.2, -0.15) is 18.4 Å². The van der Waals surface area contributed by atoms with Crippen LogP contribution < -0.4 is 9.64 Å². The Morgan fingerprint density at radius 3 is 2.56 bits per heavy atom. The van der Waals surface area contributed by atoms with Crippen LogP contribution in [0.4, 0.5) is 18.9 Å². The van der Waals surface area contributed by atoms with Gasteiger partial charge in [-0.05, 0) is 81.7 Å². The van der Waals surface area contributed by atoms with Crippen molar-refractivity contribution in [2.75, 3.05) is 32.1 Å². The summed E-state index contributed by atoms with van der Waals surface area (Å²) < 4.78 is 45.3. The average Bonchev–Trinajstić information content (AvgIpc) is 2.88. The molecule has 2 heterocycles. The van der Waals surface area contributed by atoms with Crippen molar-refractivity contribution in [3.63, 3.8) is 0 Å². The number of anilines is 1. The van der Waals surface area contributed by atoms with Gasteiger partial charge in [0.15, 0.2) is 0 Å². The molecule has 1 saturated heterocycles. The molecule has 0 aliphatic carbocycles. The molecule has 1 aromatic heterocycles. The quantitative estimate of drug-likeness (QED) is 0.402. The highest BCUT2D eigenvalue weighted by molar-refractivity contribution is 5.67. The molecule has 1 aliphatic rings. The van der Waals surface area contributed by atoms with Crippen molar-refractivity contribution < 1.29 is 17.9 Å². The van der Waals surface area contributed by atoms with E-state index in [1.54, 1.807) is 0 Å². The highest BCUT2D eigenvalue weighted by atomic mass is 19.4. The van der Waals surface area contributed by atoms with Crippen molar-refractivity contribution in [1.82, 2.24) is 9.88 Å². The lowest BCUT2D eigenvalue weighted by atomic mass is 9.87. The van der Waals surface area contributed by atoms with E-state index < -0.39 is 11.7 Å². The number of pyridine rings is 1. The number of nitriles is 1. The van der Waals surface area contributed by atoms with Crippen LogP contribution in [0, 0.1) is 11.3 Å². The molecule has 0 radical (unpaired) electrons. The minimum Gasteiger partial charge on any atom is -0.493 e. The monoisotopic (exact) mass is 494 g/mol. The molecule has 3 aromatic rings. The maximum absolute atomic E-state index is 13.2. The van der Waals surface area contributed by atoms with Crippen molar-refractivity contribution in [2.45, 2.75) is 38.0 Å². The van der Waals surface area contributed by atoms with Crippen LogP contribution in [-0.4, -0.2) is 43.3 Å². The summed E-state index contributed by atoms with van der Waals surface area (Å²) >= 11 is 0. The zero-order chi connectivity index (χ0) is 25.9. The molecule has 2 unspecified atom stereocenters. The lowest BCUT2D eigenvalue weighted by molar-refractivity contribution is -0.137. The predicted molar refractivity (Wildman–Crippen MR) is 134 cm³/mol. The minimum atomic E-state index is -4.49. The summed E-state index contributed by atoms with van der Waals surface area (Å²) in [5.41, 5.74) is 2.66. The van der Waals surface area contributed by atoms with Crippen LogP contribution in [0.2, 0.25) is 0 Å². The molecule has 0 spiro atoms. The van der Waals surface area contributed by atoms with Gasteiger partial charge >= 0.3 is 6.18 Å². The highest BCUT2D eigenvalue weighted by Gasteiger charge is 2.35. The Hall–Kier alpha value is -3.57. The summed E-state index contributed by atoms with van der Waals surface area (Å²) in [5.74, 6) is 1.03. The van der Waals surface area contributed by atoms with Gasteiger partial charge in [-0.3, -0.25) is 9.88 Å². The topological polar surface area (TPSA) is 52.4 Å². The van der Waals surface area contributed by atoms with E-state index in [4.69, 9.17) is 9.72 Å². The number of halogens is 3. The van der Waals surface area contributed by atoms with Crippen LogP contribution in [0.5, 0.6) is 5.75 Å². The summed E-state index contributed by atoms with van der Waals surface area (Å²) in [7, 11) is 3.89. The zero-order valence-corrected chi connectivity index (χ0v) is 20.6. The lowest BCUT2D eigenvalue weighted by Crippen LogP contribution is -2.50. The molecule has 0 amide bonds. The molecule has 4 rings (SSSR count). The minimum absolute atomic E-state index is 0.0362. The number of rotatable bonds is 6. The van der Waals surface area contributed by atoms with Gasteiger partial charge < -0.3 is 9.64 Å². The fraction of sp³-hybridized carbons (Fsp3) is 0.357. The zero-order valence-electron chi connectivity index (χ0n) is 20.6. The van der Waals surface area contributed by atoms with E-state index in [2.05, 4.69) is 6.07 Å². The molecular weight excluding hydrogens is 465 g/mol. The Morgan fingerprint density at radius 1 is 1.14 bits per heavy atom. The molecule has 2 aromatic carbocycles. The molecule has 8 heteroatoms. The number of aromatic nitrogens is 1. The molecule has 0 N–H and O–H groups in total. The maximum atomic E-state index is 13.2. The van der Waals surface area contributed by atoms with Gasteiger partial charge in [-0.15, -0.1) is 0 Å². The smallest absolute Gasteiger partial charge is 0.416 e. The van der Waals surface area contributed by atoms with E-state index in [1.165, 1.54) is 6.07 Å². The van der Waals surface area contributed by atoms with Crippen LogP contribution in [0.1, 0.15) is 42.4 Å². The third kappa shape index (κ3) is 5.31. The first-order valence-corrected chi connectivity index (χ1v) is 12.0. The Balaban J connectivity index is 1.56. The van der Waals surface area contributed by atoms with Gasteiger partial charge in [-0.1, -0.05) is 18.2 Å². The molecule has 1 aliphatic heterocycles. The van der Waals surface area contributed by atoms with Crippen molar-refractivity contribution in [3.8, 4) is 23.1 Å². The normalized spacial score (nSPS) is 18.2. The number of hydrogen-bond acceptors (Lipinski definition) is 5.